The van der Waals surface area contributed by atoms with Crippen LogP contribution in [0.5, 0.6) is 0 Å². The number of morpholine rings is 1. The Balaban J connectivity index is 1.76. The van der Waals surface area contributed by atoms with E-state index in [9.17, 15) is 5.11 Å². The summed E-state index contributed by atoms with van der Waals surface area (Å²) in [5.41, 5.74) is 0.368. The predicted molar refractivity (Wildman–Crippen MR) is 121 cm³/mol. The van der Waals surface area contributed by atoms with E-state index < -0.39 is 5.60 Å². The van der Waals surface area contributed by atoms with Crippen LogP contribution in [0.3, 0.4) is 0 Å². The molecular formula is C22H33N7O2. The van der Waals surface area contributed by atoms with Crippen LogP contribution in [0.2, 0.25) is 0 Å². The molecule has 4 heterocycles. The van der Waals surface area contributed by atoms with Gasteiger partial charge in [0.1, 0.15) is 17.5 Å². The molecule has 31 heavy (non-hydrogen) atoms. The third-order valence-electron chi connectivity index (χ3n) is 6.46. The van der Waals surface area contributed by atoms with Gasteiger partial charge in [0.05, 0.1) is 31.1 Å². The van der Waals surface area contributed by atoms with Crippen molar-refractivity contribution in [1.29, 1.82) is 5.41 Å². The fourth-order valence-electron chi connectivity index (χ4n) is 4.52. The van der Waals surface area contributed by atoms with Crippen molar-refractivity contribution in [2.75, 3.05) is 43.1 Å². The fourth-order valence-corrected chi connectivity index (χ4v) is 4.52. The van der Waals surface area contributed by atoms with Crippen LogP contribution in [0.25, 0.3) is 0 Å². The maximum atomic E-state index is 11.7. The summed E-state index contributed by atoms with van der Waals surface area (Å²) < 4.78 is 5.61. The van der Waals surface area contributed by atoms with Gasteiger partial charge in [-0.15, -0.1) is 0 Å². The number of aliphatic hydroxyl groups is 1. The molecule has 168 valence electrons. The van der Waals surface area contributed by atoms with Crippen molar-refractivity contribution in [3.8, 4) is 0 Å². The highest BCUT2D eigenvalue weighted by molar-refractivity contribution is 5.89. The van der Waals surface area contributed by atoms with Crippen molar-refractivity contribution in [3.05, 3.63) is 29.5 Å². The zero-order valence-electron chi connectivity index (χ0n) is 18.6. The molecule has 0 saturated carbocycles. The SMILES string of the molecule is CC(C)N1CCC(O)(c2cc(N3CCOCC3C)nc(Nc3ccn[nH]3)c2C=N)CC1. The summed E-state index contributed by atoms with van der Waals surface area (Å²) in [6.45, 7) is 10.1. The number of pyridine rings is 1. The Bertz CT molecular complexity index is 892. The molecule has 1 unspecified atom stereocenters. The molecule has 0 bridgehead atoms. The van der Waals surface area contributed by atoms with Gasteiger partial charge in [-0.3, -0.25) is 5.10 Å². The standard InChI is InChI=1S/C22H33N7O2/c1-15(2)28-8-5-22(30,6-9-28)18-12-20(29-10-11-31-14-16(29)3)26-21(17(18)13-23)25-19-4-7-24-27-19/h4,7,12-13,15-16,23,30H,5-6,8-11,14H2,1-3H3,(H2,24,25,26,27). The second kappa shape index (κ2) is 8.94. The lowest BCUT2D eigenvalue weighted by Crippen LogP contribution is -2.46. The van der Waals surface area contributed by atoms with Crippen LogP contribution in [0.4, 0.5) is 17.5 Å². The molecule has 9 heteroatoms. The molecule has 4 rings (SSSR count). The van der Waals surface area contributed by atoms with E-state index in [-0.39, 0.29) is 6.04 Å². The Kier molecular flexibility index (Phi) is 6.27. The Morgan fingerprint density at radius 2 is 2.13 bits per heavy atom. The van der Waals surface area contributed by atoms with E-state index in [0.717, 1.165) is 31.0 Å². The second-order valence-corrected chi connectivity index (χ2v) is 8.81. The van der Waals surface area contributed by atoms with Crippen molar-refractivity contribution in [3.63, 3.8) is 0 Å². The topological polar surface area (TPSA) is 113 Å². The lowest BCUT2D eigenvalue weighted by Gasteiger charge is -2.41. The zero-order chi connectivity index (χ0) is 22.0. The maximum absolute atomic E-state index is 11.7. The third kappa shape index (κ3) is 4.44. The van der Waals surface area contributed by atoms with Gasteiger partial charge in [-0.05, 0) is 45.2 Å². The van der Waals surface area contributed by atoms with E-state index in [2.05, 4.69) is 46.1 Å². The number of nitrogens with one attached hydrogen (secondary N) is 3. The highest BCUT2D eigenvalue weighted by Crippen LogP contribution is 2.39. The number of hydrogen-bond donors (Lipinski definition) is 4. The molecule has 0 spiro atoms. The molecule has 0 aliphatic carbocycles. The third-order valence-corrected chi connectivity index (χ3v) is 6.46. The fraction of sp³-hybridized carbons (Fsp3) is 0.591. The smallest absolute Gasteiger partial charge is 0.143 e. The number of anilines is 3. The number of aromatic amines is 1. The summed E-state index contributed by atoms with van der Waals surface area (Å²) in [6, 6.07) is 4.42. The van der Waals surface area contributed by atoms with Crippen molar-refractivity contribution in [2.45, 2.75) is 51.3 Å². The number of aromatic nitrogens is 3. The van der Waals surface area contributed by atoms with Crippen molar-refractivity contribution >= 4 is 23.7 Å². The van der Waals surface area contributed by atoms with Crippen LogP contribution in [-0.4, -0.2) is 76.3 Å². The van der Waals surface area contributed by atoms with Gasteiger partial charge in [0.25, 0.3) is 0 Å². The molecule has 1 atom stereocenters. The van der Waals surface area contributed by atoms with E-state index in [1.54, 1.807) is 6.20 Å². The number of H-pyrrole nitrogens is 1. The highest BCUT2D eigenvalue weighted by atomic mass is 16.5. The van der Waals surface area contributed by atoms with E-state index >= 15 is 0 Å². The Morgan fingerprint density at radius 3 is 2.74 bits per heavy atom. The minimum Gasteiger partial charge on any atom is -0.385 e. The number of ether oxygens (including phenoxy) is 1. The molecule has 2 aliphatic rings. The van der Waals surface area contributed by atoms with Gasteiger partial charge in [-0.25, -0.2) is 4.98 Å². The van der Waals surface area contributed by atoms with Crippen molar-refractivity contribution < 1.29 is 9.84 Å². The minimum atomic E-state index is -1.00. The average Bonchev–Trinajstić information content (AvgIpc) is 3.27. The lowest BCUT2D eigenvalue weighted by molar-refractivity contribution is -0.0324. The summed E-state index contributed by atoms with van der Waals surface area (Å²) in [5, 5.41) is 30.0. The second-order valence-electron chi connectivity index (χ2n) is 8.81. The number of hydrogen-bond acceptors (Lipinski definition) is 8. The van der Waals surface area contributed by atoms with Gasteiger partial charge >= 0.3 is 0 Å². The number of likely N-dealkylation sites (tertiary alicyclic amines) is 1. The van der Waals surface area contributed by atoms with Gasteiger partial charge in [-0.2, -0.15) is 5.10 Å². The number of piperidine rings is 1. The summed E-state index contributed by atoms with van der Waals surface area (Å²) in [6.07, 6.45) is 4.20. The molecule has 4 N–H and O–H groups in total. The predicted octanol–water partition coefficient (Wildman–Crippen LogP) is 2.46. The monoisotopic (exact) mass is 427 g/mol. The first-order valence-electron chi connectivity index (χ1n) is 11.0. The van der Waals surface area contributed by atoms with E-state index in [0.29, 0.717) is 49.3 Å². The maximum Gasteiger partial charge on any atom is 0.143 e. The average molecular weight is 428 g/mol. The summed E-state index contributed by atoms with van der Waals surface area (Å²) in [4.78, 5) is 9.46. The van der Waals surface area contributed by atoms with E-state index in [1.165, 1.54) is 6.21 Å². The van der Waals surface area contributed by atoms with Crippen molar-refractivity contribution in [2.24, 2.45) is 0 Å². The first kappa shape index (κ1) is 21.7. The van der Waals surface area contributed by atoms with Crippen LogP contribution in [0, 0.1) is 5.41 Å². The molecule has 2 aromatic rings. The first-order valence-corrected chi connectivity index (χ1v) is 11.0. The van der Waals surface area contributed by atoms with Gasteiger partial charge in [0, 0.05) is 43.5 Å². The molecule has 2 aromatic heterocycles. The molecule has 0 aromatic carbocycles. The van der Waals surface area contributed by atoms with Gasteiger partial charge in [0.2, 0.25) is 0 Å². The largest absolute Gasteiger partial charge is 0.385 e. The van der Waals surface area contributed by atoms with E-state index in [1.807, 2.05) is 12.1 Å². The molecule has 0 amide bonds. The van der Waals surface area contributed by atoms with Crippen molar-refractivity contribution in [1.82, 2.24) is 20.1 Å². The highest BCUT2D eigenvalue weighted by Gasteiger charge is 2.38. The molecule has 2 aliphatic heterocycles. The summed E-state index contributed by atoms with van der Waals surface area (Å²) >= 11 is 0. The minimum absolute atomic E-state index is 0.178. The first-order chi connectivity index (χ1) is 14.9. The number of rotatable bonds is 6. The van der Waals surface area contributed by atoms with Gasteiger partial charge < -0.3 is 30.4 Å². The van der Waals surface area contributed by atoms with Crippen LogP contribution >= 0.6 is 0 Å². The number of nitrogens with zero attached hydrogens (tertiary/aromatic N) is 4. The van der Waals surface area contributed by atoms with Gasteiger partial charge in [-0.1, -0.05) is 0 Å². The molecule has 2 saturated heterocycles. The summed E-state index contributed by atoms with van der Waals surface area (Å²) in [5.74, 6) is 2.03. The Labute approximate surface area is 183 Å². The van der Waals surface area contributed by atoms with Gasteiger partial charge in [0.15, 0.2) is 0 Å². The lowest BCUT2D eigenvalue weighted by atomic mass is 9.82. The van der Waals surface area contributed by atoms with Crippen LogP contribution in [0.1, 0.15) is 44.7 Å². The van der Waals surface area contributed by atoms with Crippen LogP contribution in [-0.2, 0) is 10.3 Å². The Hall–Kier alpha value is -2.49. The van der Waals surface area contributed by atoms with E-state index in [4.69, 9.17) is 15.1 Å². The zero-order valence-corrected chi connectivity index (χ0v) is 18.6. The summed E-state index contributed by atoms with van der Waals surface area (Å²) in [7, 11) is 0. The normalized spacial score (nSPS) is 22.0. The quantitative estimate of drug-likeness (QED) is 0.524. The molecular weight excluding hydrogens is 394 g/mol. The van der Waals surface area contributed by atoms with Crippen LogP contribution in [0.15, 0.2) is 18.3 Å². The molecule has 9 nitrogen and oxygen atoms in total. The Morgan fingerprint density at radius 1 is 1.35 bits per heavy atom. The molecule has 0 radical (unpaired) electrons. The molecule has 2 fully saturated rings. The van der Waals surface area contributed by atoms with Crippen LogP contribution < -0.4 is 10.2 Å².